The summed E-state index contributed by atoms with van der Waals surface area (Å²) in [5, 5.41) is 0.472. The fourth-order valence-electron chi connectivity index (χ4n) is 5.07. The molecule has 1 amide bonds. The van der Waals surface area contributed by atoms with Gasteiger partial charge in [-0.25, -0.2) is 0 Å². The van der Waals surface area contributed by atoms with Crippen LogP contribution in [0.1, 0.15) is 48.0 Å². The third-order valence-electron chi connectivity index (χ3n) is 6.73. The van der Waals surface area contributed by atoms with E-state index in [9.17, 15) is 9.59 Å². The van der Waals surface area contributed by atoms with E-state index in [1.807, 2.05) is 38.1 Å². The molecule has 2 aromatic carbocycles. The molecule has 2 aliphatic heterocycles. The topological polar surface area (TPSA) is 81.5 Å². The van der Waals surface area contributed by atoms with Crippen LogP contribution in [0.3, 0.4) is 0 Å². The van der Waals surface area contributed by atoms with E-state index < -0.39 is 6.04 Å². The number of nitrogens with zero attached hydrogens (tertiary/aromatic N) is 2. The Morgan fingerprint density at radius 1 is 0.944 bits per heavy atom. The molecule has 2 aliphatic rings. The molecule has 0 radical (unpaired) electrons. The van der Waals surface area contributed by atoms with E-state index >= 15 is 0 Å². The molecule has 0 N–H and O–H groups in total. The standard InChI is InChI=1S/C28H32N2O6/c1-3-34-22-11-10-19(18-23(22)35-4-2)25-24-26(31)20-8-5-6-9-21(20)36-27(24)28(32)30(25)13-7-12-29-14-16-33-17-15-29/h5-6,8-11,18,25H,3-4,7,12-17H2,1-2H3/t25-/m1/s1. The first-order valence-electron chi connectivity index (χ1n) is 12.7. The van der Waals surface area contributed by atoms with Gasteiger partial charge in [0.1, 0.15) is 5.58 Å². The van der Waals surface area contributed by atoms with Gasteiger partial charge in [-0.2, -0.15) is 0 Å². The fraction of sp³-hybridized carbons (Fsp3) is 0.429. The van der Waals surface area contributed by atoms with E-state index in [4.69, 9.17) is 18.6 Å². The van der Waals surface area contributed by atoms with Gasteiger partial charge in [0.15, 0.2) is 16.9 Å². The van der Waals surface area contributed by atoms with Crippen molar-refractivity contribution in [2.24, 2.45) is 0 Å². The number of hydrogen-bond acceptors (Lipinski definition) is 7. The Morgan fingerprint density at radius 2 is 1.69 bits per heavy atom. The summed E-state index contributed by atoms with van der Waals surface area (Å²) in [6.07, 6.45) is 0.777. The maximum atomic E-state index is 13.7. The van der Waals surface area contributed by atoms with E-state index in [0.717, 1.165) is 44.8 Å². The lowest BCUT2D eigenvalue weighted by molar-refractivity contribution is 0.0353. The number of fused-ring (bicyclic) bond motifs is 2. The molecule has 5 rings (SSSR count). The third-order valence-corrected chi connectivity index (χ3v) is 6.73. The molecule has 8 nitrogen and oxygen atoms in total. The molecule has 190 valence electrons. The second-order valence-corrected chi connectivity index (χ2v) is 8.95. The predicted octanol–water partition coefficient (Wildman–Crippen LogP) is 3.86. The monoisotopic (exact) mass is 492 g/mol. The number of para-hydroxylation sites is 1. The lowest BCUT2D eigenvalue weighted by atomic mass is 9.98. The molecule has 0 unspecified atom stereocenters. The van der Waals surface area contributed by atoms with Gasteiger partial charge in [0, 0.05) is 26.2 Å². The molecule has 8 heteroatoms. The number of benzene rings is 2. The molecule has 1 fully saturated rings. The minimum absolute atomic E-state index is 0.127. The highest BCUT2D eigenvalue weighted by atomic mass is 16.5. The SMILES string of the molecule is CCOc1ccc([C@@H]2c3c(oc4ccccc4c3=O)C(=O)N2CCCN2CCOCC2)cc1OCC. The van der Waals surface area contributed by atoms with Crippen molar-refractivity contribution in [2.75, 3.05) is 52.6 Å². The maximum absolute atomic E-state index is 13.7. The van der Waals surface area contributed by atoms with Crippen LogP contribution in [-0.4, -0.2) is 68.3 Å². The minimum atomic E-state index is -0.562. The Bertz CT molecular complexity index is 1300. The van der Waals surface area contributed by atoms with E-state index in [1.54, 1.807) is 23.1 Å². The van der Waals surface area contributed by atoms with Crippen molar-refractivity contribution in [3.05, 3.63) is 69.6 Å². The maximum Gasteiger partial charge on any atom is 0.290 e. The Kier molecular flexibility index (Phi) is 7.25. The van der Waals surface area contributed by atoms with Crippen molar-refractivity contribution >= 4 is 16.9 Å². The van der Waals surface area contributed by atoms with Crippen molar-refractivity contribution in [1.29, 1.82) is 0 Å². The zero-order valence-corrected chi connectivity index (χ0v) is 20.8. The molecule has 3 aromatic rings. The van der Waals surface area contributed by atoms with Gasteiger partial charge in [0.2, 0.25) is 5.76 Å². The van der Waals surface area contributed by atoms with Crippen molar-refractivity contribution < 1.29 is 23.4 Å². The lowest BCUT2D eigenvalue weighted by Crippen LogP contribution is -2.38. The van der Waals surface area contributed by atoms with E-state index in [1.165, 1.54) is 0 Å². The Morgan fingerprint density at radius 3 is 2.47 bits per heavy atom. The fourth-order valence-corrected chi connectivity index (χ4v) is 5.07. The predicted molar refractivity (Wildman–Crippen MR) is 136 cm³/mol. The van der Waals surface area contributed by atoms with Crippen LogP contribution in [0, 0.1) is 0 Å². The van der Waals surface area contributed by atoms with Crippen molar-refractivity contribution in [3.63, 3.8) is 0 Å². The van der Waals surface area contributed by atoms with Gasteiger partial charge in [-0.15, -0.1) is 0 Å². The molecule has 1 aromatic heterocycles. The van der Waals surface area contributed by atoms with Crippen LogP contribution in [-0.2, 0) is 4.74 Å². The van der Waals surface area contributed by atoms with Crippen LogP contribution in [0.25, 0.3) is 11.0 Å². The number of amides is 1. The first-order valence-corrected chi connectivity index (χ1v) is 12.7. The summed E-state index contributed by atoms with van der Waals surface area (Å²) in [6, 6.07) is 12.2. The average Bonchev–Trinajstić information content (AvgIpc) is 3.18. The molecule has 3 heterocycles. The van der Waals surface area contributed by atoms with E-state index in [-0.39, 0.29) is 17.1 Å². The van der Waals surface area contributed by atoms with Gasteiger partial charge >= 0.3 is 0 Å². The van der Waals surface area contributed by atoms with E-state index in [0.29, 0.717) is 47.8 Å². The zero-order chi connectivity index (χ0) is 25.1. The van der Waals surface area contributed by atoms with Crippen LogP contribution in [0.5, 0.6) is 11.5 Å². The molecular weight excluding hydrogens is 460 g/mol. The highest BCUT2D eigenvalue weighted by Crippen LogP contribution is 2.41. The van der Waals surface area contributed by atoms with Gasteiger partial charge in [-0.3, -0.25) is 14.5 Å². The van der Waals surface area contributed by atoms with Crippen molar-refractivity contribution in [3.8, 4) is 11.5 Å². The molecule has 1 atom stereocenters. The quantitative estimate of drug-likeness (QED) is 0.449. The first-order chi connectivity index (χ1) is 17.6. The molecule has 0 saturated carbocycles. The summed E-state index contributed by atoms with van der Waals surface area (Å²) >= 11 is 0. The molecule has 0 spiro atoms. The highest BCUT2D eigenvalue weighted by Gasteiger charge is 2.42. The summed E-state index contributed by atoms with van der Waals surface area (Å²) in [4.78, 5) is 31.4. The summed E-state index contributed by atoms with van der Waals surface area (Å²) in [7, 11) is 0. The summed E-state index contributed by atoms with van der Waals surface area (Å²) in [5.41, 5.74) is 1.43. The molecule has 0 aliphatic carbocycles. The van der Waals surface area contributed by atoms with Crippen LogP contribution in [0.2, 0.25) is 0 Å². The van der Waals surface area contributed by atoms with E-state index in [2.05, 4.69) is 4.90 Å². The number of morpholine rings is 1. The van der Waals surface area contributed by atoms with Gasteiger partial charge in [-0.1, -0.05) is 18.2 Å². The second-order valence-electron chi connectivity index (χ2n) is 8.95. The largest absolute Gasteiger partial charge is 0.490 e. The smallest absolute Gasteiger partial charge is 0.290 e. The molecule has 1 saturated heterocycles. The number of rotatable bonds is 9. The van der Waals surface area contributed by atoms with Crippen molar-refractivity contribution in [1.82, 2.24) is 9.80 Å². The van der Waals surface area contributed by atoms with Crippen LogP contribution < -0.4 is 14.9 Å². The number of carbonyl (C=O) groups is 1. The van der Waals surface area contributed by atoms with Gasteiger partial charge in [0.05, 0.1) is 43.4 Å². The first kappa shape index (κ1) is 24.3. The highest BCUT2D eigenvalue weighted by molar-refractivity contribution is 5.99. The minimum Gasteiger partial charge on any atom is -0.490 e. The van der Waals surface area contributed by atoms with Crippen LogP contribution >= 0.6 is 0 Å². The summed E-state index contributed by atoms with van der Waals surface area (Å²) < 4.78 is 23.1. The number of carbonyl (C=O) groups excluding carboxylic acids is 1. The van der Waals surface area contributed by atoms with Gasteiger partial charge in [0.25, 0.3) is 5.91 Å². The summed E-state index contributed by atoms with van der Waals surface area (Å²) in [6.45, 7) is 9.40. The normalized spacial score (nSPS) is 18.0. The lowest BCUT2D eigenvalue weighted by Gasteiger charge is -2.29. The molecular formula is C28H32N2O6. The van der Waals surface area contributed by atoms with Gasteiger partial charge < -0.3 is 23.5 Å². The number of hydrogen-bond donors (Lipinski definition) is 0. The third kappa shape index (κ3) is 4.58. The molecule has 36 heavy (non-hydrogen) atoms. The second kappa shape index (κ2) is 10.7. The summed E-state index contributed by atoms with van der Waals surface area (Å²) in [5.74, 6) is 1.10. The van der Waals surface area contributed by atoms with Crippen molar-refractivity contribution in [2.45, 2.75) is 26.3 Å². The molecule has 0 bridgehead atoms. The Hall–Kier alpha value is -3.36. The Balaban J connectivity index is 1.55. The average molecular weight is 493 g/mol. The van der Waals surface area contributed by atoms with Crippen LogP contribution in [0.4, 0.5) is 0 Å². The van der Waals surface area contributed by atoms with Gasteiger partial charge in [-0.05, 0) is 50.1 Å². The number of ether oxygens (including phenoxy) is 3. The van der Waals surface area contributed by atoms with Crippen LogP contribution in [0.15, 0.2) is 51.7 Å². The zero-order valence-electron chi connectivity index (χ0n) is 20.8. The Labute approximate surface area is 210 Å².